The Morgan fingerprint density at radius 2 is 1.94 bits per heavy atom. The Bertz CT molecular complexity index is 1130. The van der Waals surface area contributed by atoms with Crippen LogP contribution >= 0.6 is 11.3 Å². The van der Waals surface area contributed by atoms with Crippen molar-refractivity contribution in [3.63, 3.8) is 0 Å². The molecular formula is C25H28N4O3S. The molecule has 3 aromatic rings. The second kappa shape index (κ2) is 10.1. The van der Waals surface area contributed by atoms with Crippen molar-refractivity contribution in [1.29, 1.82) is 0 Å². The van der Waals surface area contributed by atoms with Gasteiger partial charge >= 0.3 is 0 Å². The monoisotopic (exact) mass is 464 g/mol. The van der Waals surface area contributed by atoms with Crippen LogP contribution in [0.5, 0.6) is 5.75 Å². The normalized spacial score (nSPS) is 15.2. The molecule has 2 amide bonds. The third-order valence-electron chi connectivity index (χ3n) is 5.48. The van der Waals surface area contributed by atoms with Crippen LogP contribution in [-0.2, 0) is 9.59 Å². The Morgan fingerprint density at radius 3 is 2.64 bits per heavy atom. The molecule has 1 atom stereocenters. The molecule has 3 heterocycles. The molecule has 8 heteroatoms. The lowest BCUT2D eigenvalue weighted by atomic mass is 10.1. The molecule has 33 heavy (non-hydrogen) atoms. The lowest BCUT2D eigenvalue weighted by Crippen LogP contribution is -2.49. The van der Waals surface area contributed by atoms with Gasteiger partial charge in [0.1, 0.15) is 17.3 Å². The van der Waals surface area contributed by atoms with E-state index in [2.05, 4.69) is 4.98 Å². The van der Waals surface area contributed by atoms with Gasteiger partial charge in [-0.2, -0.15) is 0 Å². The molecule has 0 spiro atoms. The van der Waals surface area contributed by atoms with Gasteiger partial charge in [0.05, 0.1) is 17.1 Å². The fraction of sp³-hybridized carbons (Fsp3) is 0.360. The second-order valence-electron chi connectivity index (χ2n) is 8.00. The van der Waals surface area contributed by atoms with Gasteiger partial charge < -0.3 is 9.64 Å². The van der Waals surface area contributed by atoms with Gasteiger partial charge in [-0.25, -0.2) is 4.98 Å². The molecule has 0 N–H and O–H groups in total. The molecule has 0 aliphatic carbocycles. The van der Waals surface area contributed by atoms with E-state index in [1.165, 1.54) is 11.3 Å². The minimum absolute atomic E-state index is 0.000756. The average molecular weight is 465 g/mol. The highest BCUT2D eigenvalue weighted by Crippen LogP contribution is 2.38. The third-order valence-corrected chi connectivity index (χ3v) is 6.35. The maximum atomic E-state index is 13.0. The number of aromatic nitrogens is 2. The first-order valence-electron chi connectivity index (χ1n) is 11.3. The van der Waals surface area contributed by atoms with Crippen LogP contribution in [0.3, 0.4) is 0 Å². The number of carbonyl (C=O) groups is 2. The largest absolute Gasteiger partial charge is 0.479 e. The minimum Gasteiger partial charge on any atom is -0.479 e. The summed E-state index contributed by atoms with van der Waals surface area (Å²) in [7, 11) is 0. The molecule has 0 saturated carbocycles. The summed E-state index contributed by atoms with van der Waals surface area (Å²) in [5, 5.41) is 2.80. The number of hydrogen-bond acceptors (Lipinski definition) is 6. The smallest absolute Gasteiger partial charge is 0.268 e. The van der Waals surface area contributed by atoms with Crippen LogP contribution in [0.4, 0.5) is 5.69 Å². The fourth-order valence-electron chi connectivity index (χ4n) is 3.88. The van der Waals surface area contributed by atoms with Crippen LogP contribution in [0, 0.1) is 0 Å². The highest BCUT2D eigenvalue weighted by molar-refractivity contribution is 7.13. The van der Waals surface area contributed by atoms with E-state index in [1.54, 1.807) is 18.0 Å². The predicted octanol–water partition coefficient (Wildman–Crippen LogP) is 4.63. The Labute approximate surface area is 198 Å². The topological polar surface area (TPSA) is 75.6 Å². The first-order chi connectivity index (χ1) is 16.0. The number of fused-ring (bicyclic) bond motifs is 1. The van der Waals surface area contributed by atoms with E-state index in [0.717, 1.165) is 34.8 Å². The first-order valence-corrected chi connectivity index (χ1v) is 12.2. The molecule has 0 radical (unpaired) electrons. The number of benzene rings is 1. The quantitative estimate of drug-likeness (QED) is 0.486. The zero-order chi connectivity index (χ0) is 23.4. The summed E-state index contributed by atoms with van der Waals surface area (Å²) in [6.45, 7) is 7.18. The highest BCUT2D eigenvalue weighted by Gasteiger charge is 2.34. The van der Waals surface area contributed by atoms with Gasteiger partial charge in [-0.3, -0.25) is 19.5 Å². The summed E-state index contributed by atoms with van der Waals surface area (Å²) in [5.74, 6) is 0.327. The zero-order valence-electron chi connectivity index (χ0n) is 19.2. The Balaban J connectivity index is 1.64. The molecule has 0 fully saturated rings. The standard InChI is InChI=1S/C25H28N4O3S/c1-4-12-28(13-5-2)23(30)15-29-21-14-18(9-10-22(21)32-17(3)25(29)31)20-16-33-24(27-20)19-8-6-7-11-26-19/h6-11,14,16-17H,4-5,12-13,15H2,1-3H3. The Kier molecular flexibility index (Phi) is 7.03. The molecule has 1 aliphatic rings. The summed E-state index contributed by atoms with van der Waals surface area (Å²) in [4.78, 5) is 38.5. The van der Waals surface area contributed by atoms with Crippen molar-refractivity contribution in [1.82, 2.24) is 14.9 Å². The van der Waals surface area contributed by atoms with Crippen LogP contribution in [0.15, 0.2) is 48.0 Å². The van der Waals surface area contributed by atoms with E-state index in [0.29, 0.717) is 24.5 Å². The number of hydrogen-bond donors (Lipinski definition) is 0. The van der Waals surface area contributed by atoms with Crippen LogP contribution in [0.1, 0.15) is 33.6 Å². The van der Waals surface area contributed by atoms with Crippen molar-refractivity contribution in [2.24, 2.45) is 0 Å². The van der Waals surface area contributed by atoms with Crippen LogP contribution < -0.4 is 9.64 Å². The summed E-state index contributed by atoms with van der Waals surface area (Å²) in [6, 6.07) is 11.4. The van der Waals surface area contributed by atoms with Gasteiger partial charge in [-0.1, -0.05) is 19.9 Å². The van der Waals surface area contributed by atoms with Crippen molar-refractivity contribution < 1.29 is 14.3 Å². The van der Waals surface area contributed by atoms with Gasteiger partial charge in [0.2, 0.25) is 5.91 Å². The summed E-state index contributed by atoms with van der Waals surface area (Å²) >= 11 is 1.52. The predicted molar refractivity (Wildman–Crippen MR) is 130 cm³/mol. The maximum absolute atomic E-state index is 13.0. The number of anilines is 1. The molecule has 172 valence electrons. The number of rotatable bonds is 8. The van der Waals surface area contributed by atoms with Gasteiger partial charge in [-0.05, 0) is 50.1 Å². The van der Waals surface area contributed by atoms with E-state index in [1.807, 2.05) is 60.5 Å². The minimum atomic E-state index is -0.642. The van der Waals surface area contributed by atoms with Crippen molar-refractivity contribution in [2.75, 3.05) is 24.5 Å². The summed E-state index contributed by atoms with van der Waals surface area (Å²) < 4.78 is 5.83. The molecule has 4 rings (SSSR count). The second-order valence-corrected chi connectivity index (χ2v) is 8.86. The van der Waals surface area contributed by atoms with E-state index in [-0.39, 0.29) is 18.4 Å². The van der Waals surface area contributed by atoms with Crippen molar-refractivity contribution in [3.8, 4) is 27.7 Å². The maximum Gasteiger partial charge on any atom is 0.268 e. The fourth-order valence-corrected chi connectivity index (χ4v) is 4.68. The molecule has 1 aliphatic heterocycles. The molecular weight excluding hydrogens is 436 g/mol. The average Bonchev–Trinajstić information content (AvgIpc) is 3.32. The molecule has 7 nitrogen and oxygen atoms in total. The number of amides is 2. The number of ether oxygens (including phenoxy) is 1. The van der Waals surface area contributed by atoms with Crippen LogP contribution in [-0.4, -0.2) is 52.4 Å². The van der Waals surface area contributed by atoms with E-state index >= 15 is 0 Å². The zero-order valence-corrected chi connectivity index (χ0v) is 20.0. The summed E-state index contributed by atoms with van der Waals surface area (Å²) in [5.41, 5.74) is 3.07. The van der Waals surface area contributed by atoms with Crippen molar-refractivity contribution in [2.45, 2.75) is 39.7 Å². The van der Waals surface area contributed by atoms with Gasteiger partial charge in [-0.15, -0.1) is 11.3 Å². The van der Waals surface area contributed by atoms with E-state index < -0.39 is 6.10 Å². The molecule has 0 bridgehead atoms. The lowest BCUT2D eigenvalue weighted by molar-refractivity contribution is -0.133. The number of nitrogens with zero attached hydrogens (tertiary/aromatic N) is 4. The van der Waals surface area contributed by atoms with Crippen molar-refractivity contribution in [3.05, 3.63) is 48.0 Å². The highest BCUT2D eigenvalue weighted by atomic mass is 32.1. The van der Waals surface area contributed by atoms with Crippen LogP contribution in [0.25, 0.3) is 22.0 Å². The molecule has 1 aromatic carbocycles. The Hall–Kier alpha value is -3.26. The Morgan fingerprint density at radius 1 is 1.15 bits per heavy atom. The molecule has 1 unspecified atom stereocenters. The van der Waals surface area contributed by atoms with E-state index in [4.69, 9.17) is 9.72 Å². The SMILES string of the molecule is CCCN(CCC)C(=O)CN1C(=O)C(C)Oc2ccc(-c3csc(-c4ccccn4)n3)cc21. The lowest BCUT2D eigenvalue weighted by Gasteiger charge is -2.34. The molecule has 2 aromatic heterocycles. The third kappa shape index (κ3) is 4.90. The number of pyridine rings is 1. The van der Waals surface area contributed by atoms with E-state index in [9.17, 15) is 9.59 Å². The number of thiazole rings is 1. The van der Waals surface area contributed by atoms with Crippen LogP contribution in [0.2, 0.25) is 0 Å². The number of carbonyl (C=O) groups excluding carboxylic acids is 2. The van der Waals surface area contributed by atoms with Gasteiger partial charge in [0.25, 0.3) is 5.91 Å². The van der Waals surface area contributed by atoms with Gasteiger partial charge in [0.15, 0.2) is 6.10 Å². The first kappa shape index (κ1) is 22.9. The van der Waals surface area contributed by atoms with Crippen molar-refractivity contribution >= 4 is 28.8 Å². The van der Waals surface area contributed by atoms with Gasteiger partial charge in [0, 0.05) is 30.2 Å². The molecule has 0 saturated heterocycles. The summed E-state index contributed by atoms with van der Waals surface area (Å²) in [6.07, 6.45) is 2.86.